The Hall–Kier alpha value is -1.77. The number of phenolic OH excluding ortho intramolecular Hbond substituents is 1. The fraction of sp³-hybridized carbons (Fsp3) is 0.250. The summed E-state index contributed by atoms with van der Waals surface area (Å²) in [7, 11) is 0. The molecule has 0 spiro atoms. The van der Waals surface area contributed by atoms with Crippen LogP contribution in [0, 0.1) is 0 Å². The molecule has 0 aliphatic heterocycles. The summed E-state index contributed by atoms with van der Waals surface area (Å²) in [4.78, 5) is 10.4. The molecule has 0 aliphatic carbocycles. The Bertz CT molecular complexity index is 392. The standard InChI is InChI=1S/C12H14O3/c1-12(2,7-6-11(14)15)9-4-3-5-10(13)8-9/h3-8,13H,1-2H3,(H,14,15). The molecule has 3 nitrogen and oxygen atoms in total. The van der Waals surface area contributed by atoms with Gasteiger partial charge in [-0.2, -0.15) is 0 Å². The second-order valence-electron chi connectivity index (χ2n) is 3.94. The Balaban J connectivity index is 3.00. The van der Waals surface area contributed by atoms with Gasteiger partial charge < -0.3 is 10.2 Å². The van der Waals surface area contributed by atoms with Crippen LogP contribution in [0.5, 0.6) is 5.75 Å². The summed E-state index contributed by atoms with van der Waals surface area (Å²) in [5, 5.41) is 17.9. The van der Waals surface area contributed by atoms with E-state index in [1.165, 1.54) is 0 Å². The molecule has 1 rings (SSSR count). The topological polar surface area (TPSA) is 57.5 Å². The second kappa shape index (κ2) is 4.17. The second-order valence-corrected chi connectivity index (χ2v) is 3.94. The Morgan fingerprint density at radius 2 is 2.07 bits per heavy atom. The molecule has 80 valence electrons. The number of aliphatic carboxylic acids is 1. The molecule has 0 radical (unpaired) electrons. The van der Waals surface area contributed by atoms with Crippen molar-refractivity contribution in [3.8, 4) is 5.75 Å². The minimum Gasteiger partial charge on any atom is -0.508 e. The summed E-state index contributed by atoms with van der Waals surface area (Å²) >= 11 is 0. The number of carboxylic acids is 1. The molecule has 1 aromatic carbocycles. The molecular weight excluding hydrogens is 192 g/mol. The van der Waals surface area contributed by atoms with Crippen molar-refractivity contribution < 1.29 is 15.0 Å². The lowest BCUT2D eigenvalue weighted by Gasteiger charge is -2.20. The van der Waals surface area contributed by atoms with E-state index in [2.05, 4.69) is 0 Å². The third kappa shape index (κ3) is 3.13. The first-order chi connectivity index (χ1) is 6.92. The zero-order valence-electron chi connectivity index (χ0n) is 8.77. The molecule has 0 amide bonds. The van der Waals surface area contributed by atoms with Gasteiger partial charge in [0, 0.05) is 11.5 Å². The van der Waals surface area contributed by atoms with E-state index in [0.717, 1.165) is 11.6 Å². The molecule has 0 fully saturated rings. The molecule has 2 N–H and O–H groups in total. The van der Waals surface area contributed by atoms with Crippen LogP contribution in [0.1, 0.15) is 19.4 Å². The molecule has 0 heterocycles. The van der Waals surface area contributed by atoms with E-state index in [-0.39, 0.29) is 5.75 Å². The molecule has 0 saturated carbocycles. The molecule has 0 bridgehead atoms. The molecule has 15 heavy (non-hydrogen) atoms. The lowest BCUT2D eigenvalue weighted by Crippen LogP contribution is -2.13. The van der Waals surface area contributed by atoms with E-state index in [4.69, 9.17) is 5.11 Å². The van der Waals surface area contributed by atoms with Crippen LogP contribution in [-0.2, 0) is 10.2 Å². The fourth-order valence-corrected chi connectivity index (χ4v) is 1.28. The average molecular weight is 206 g/mol. The maximum absolute atomic E-state index is 10.4. The molecule has 0 aromatic heterocycles. The van der Waals surface area contributed by atoms with E-state index in [9.17, 15) is 9.90 Å². The summed E-state index contributed by atoms with van der Waals surface area (Å²) in [5.74, 6) is -0.785. The summed E-state index contributed by atoms with van der Waals surface area (Å²) in [6.07, 6.45) is 2.72. The zero-order chi connectivity index (χ0) is 11.5. The van der Waals surface area contributed by atoms with Crippen molar-refractivity contribution >= 4 is 5.97 Å². The van der Waals surface area contributed by atoms with Gasteiger partial charge in [0.05, 0.1) is 0 Å². The summed E-state index contributed by atoms with van der Waals surface area (Å²) in [5.41, 5.74) is 0.469. The average Bonchev–Trinajstić information content (AvgIpc) is 2.15. The van der Waals surface area contributed by atoms with E-state index in [1.54, 1.807) is 24.3 Å². The predicted molar refractivity (Wildman–Crippen MR) is 57.9 cm³/mol. The first-order valence-corrected chi connectivity index (χ1v) is 4.63. The minimum atomic E-state index is -0.969. The van der Waals surface area contributed by atoms with Gasteiger partial charge in [-0.05, 0) is 17.7 Å². The molecular formula is C12H14O3. The van der Waals surface area contributed by atoms with Crippen LogP contribution >= 0.6 is 0 Å². The van der Waals surface area contributed by atoms with Crippen molar-refractivity contribution in [1.82, 2.24) is 0 Å². The molecule has 1 aromatic rings. The van der Waals surface area contributed by atoms with Gasteiger partial charge >= 0.3 is 5.97 Å². The van der Waals surface area contributed by atoms with Crippen molar-refractivity contribution in [2.75, 3.05) is 0 Å². The van der Waals surface area contributed by atoms with Gasteiger partial charge in [0.1, 0.15) is 5.75 Å². The smallest absolute Gasteiger partial charge is 0.328 e. The fourth-order valence-electron chi connectivity index (χ4n) is 1.28. The van der Waals surface area contributed by atoms with Crippen LogP contribution in [-0.4, -0.2) is 16.2 Å². The highest BCUT2D eigenvalue weighted by Crippen LogP contribution is 2.27. The molecule has 0 unspecified atom stereocenters. The number of carboxylic acid groups (broad SMARTS) is 1. The van der Waals surface area contributed by atoms with Gasteiger partial charge in [0.2, 0.25) is 0 Å². The molecule has 0 aliphatic rings. The van der Waals surface area contributed by atoms with Gasteiger partial charge in [-0.1, -0.05) is 32.1 Å². The van der Waals surface area contributed by atoms with Crippen LogP contribution in [0.15, 0.2) is 36.4 Å². The third-order valence-electron chi connectivity index (χ3n) is 2.23. The quantitative estimate of drug-likeness (QED) is 0.746. The highest BCUT2D eigenvalue weighted by molar-refractivity contribution is 5.80. The first kappa shape index (κ1) is 11.3. The summed E-state index contributed by atoms with van der Waals surface area (Å²) < 4.78 is 0. The maximum Gasteiger partial charge on any atom is 0.328 e. The minimum absolute atomic E-state index is 0.185. The van der Waals surface area contributed by atoms with Gasteiger partial charge in [-0.25, -0.2) is 4.79 Å². The highest BCUT2D eigenvalue weighted by Gasteiger charge is 2.17. The lowest BCUT2D eigenvalue weighted by atomic mass is 9.84. The Morgan fingerprint density at radius 1 is 1.40 bits per heavy atom. The van der Waals surface area contributed by atoms with Gasteiger partial charge in [-0.3, -0.25) is 0 Å². The van der Waals surface area contributed by atoms with Gasteiger partial charge in [-0.15, -0.1) is 0 Å². The number of benzene rings is 1. The number of carbonyl (C=O) groups is 1. The number of rotatable bonds is 3. The van der Waals surface area contributed by atoms with Crippen LogP contribution in [0.2, 0.25) is 0 Å². The number of hydrogen-bond donors (Lipinski definition) is 2. The Labute approximate surface area is 88.7 Å². The van der Waals surface area contributed by atoms with E-state index < -0.39 is 11.4 Å². The van der Waals surface area contributed by atoms with Crippen molar-refractivity contribution in [2.24, 2.45) is 0 Å². The van der Waals surface area contributed by atoms with Gasteiger partial charge in [0.15, 0.2) is 0 Å². The molecule has 0 saturated heterocycles. The summed E-state index contributed by atoms with van der Waals surface area (Å²) in [6, 6.07) is 6.81. The SMILES string of the molecule is CC(C)(C=CC(=O)O)c1cccc(O)c1. The van der Waals surface area contributed by atoms with E-state index in [1.807, 2.05) is 19.9 Å². The molecule has 0 atom stereocenters. The molecule has 3 heteroatoms. The number of phenols is 1. The van der Waals surface area contributed by atoms with Crippen molar-refractivity contribution in [1.29, 1.82) is 0 Å². The van der Waals surface area contributed by atoms with Crippen LogP contribution in [0.25, 0.3) is 0 Å². The lowest BCUT2D eigenvalue weighted by molar-refractivity contribution is -0.131. The van der Waals surface area contributed by atoms with E-state index >= 15 is 0 Å². The normalized spacial score (nSPS) is 11.9. The summed E-state index contributed by atoms with van der Waals surface area (Å²) in [6.45, 7) is 3.78. The highest BCUT2D eigenvalue weighted by atomic mass is 16.4. The van der Waals surface area contributed by atoms with Crippen LogP contribution < -0.4 is 0 Å². The van der Waals surface area contributed by atoms with E-state index in [0.29, 0.717) is 0 Å². The van der Waals surface area contributed by atoms with Crippen LogP contribution in [0.4, 0.5) is 0 Å². The predicted octanol–water partition coefficient (Wildman–Crippen LogP) is 2.31. The van der Waals surface area contributed by atoms with Crippen LogP contribution in [0.3, 0.4) is 0 Å². The third-order valence-corrected chi connectivity index (χ3v) is 2.23. The van der Waals surface area contributed by atoms with Crippen molar-refractivity contribution in [3.05, 3.63) is 42.0 Å². The Kier molecular flexibility index (Phi) is 3.14. The number of aromatic hydroxyl groups is 1. The Morgan fingerprint density at radius 3 is 2.60 bits per heavy atom. The maximum atomic E-state index is 10.4. The monoisotopic (exact) mass is 206 g/mol. The first-order valence-electron chi connectivity index (χ1n) is 4.63. The van der Waals surface area contributed by atoms with Crippen molar-refractivity contribution in [3.63, 3.8) is 0 Å². The number of hydrogen-bond acceptors (Lipinski definition) is 2. The van der Waals surface area contributed by atoms with Gasteiger partial charge in [0.25, 0.3) is 0 Å². The largest absolute Gasteiger partial charge is 0.508 e. The number of allylic oxidation sites excluding steroid dienone is 1. The van der Waals surface area contributed by atoms with Crippen molar-refractivity contribution in [2.45, 2.75) is 19.3 Å². The zero-order valence-corrected chi connectivity index (χ0v) is 8.77.